The van der Waals surface area contributed by atoms with Crippen LogP contribution in [-0.4, -0.2) is 22.6 Å². The van der Waals surface area contributed by atoms with Crippen molar-refractivity contribution in [3.05, 3.63) is 36.2 Å². The molecule has 2 N–H and O–H groups in total. The first-order valence-electron chi connectivity index (χ1n) is 4.18. The lowest BCUT2D eigenvalue weighted by Crippen LogP contribution is -2.32. The summed E-state index contributed by atoms with van der Waals surface area (Å²) in [6, 6.07) is 2.81. The van der Waals surface area contributed by atoms with Gasteiger partial charge in [0.15, 0.2) is 5.78 Å². The van der Waals surface area contributed by atoms with Crippen LogP contribution < -0.4 is 5.73 Å². The van der Waals surface area contributed by atoms with Gasteiger partial charge in [-0.2, -0.15) is 12.6 Å². The second kappa shape index (κ2) is 4.93. The fourth-order valence-electron chi connectivity index (χ4n) is 1.07. The molecule has 0 radical (unpaired) electrons. The Balaban J connectivity index is 3.05. The Labute approximate surface area is 88.4 Å². The Hall–Kier alpha value is -1.13. The topological polar surface area (TPSA) is 56.0 Å². The number of hydrogen-bond donors (Lipinski definition) is 2. The Bertz CT molecular complexity index is 352. The molecule has 0 saturated heterocycles. The van der Waals surface area contributed by atoms with Gasteiger partial charge in [0.25, 0.3) is 0 Å². The van der Waals surface area contributed by atoms with Crippen molar-refractivity contribution in [3.8, 4) is 0 Å². The zero-order chi connectivity index (χ0) is 10.6. The van der Waals surface area contributed by atoms with Crippen molar-refractivity contribution < 1.29 is 4.79 Å². The lowest BCUT2D eigenvalue weighted by Gasteiger charge is -2.08. The normalized spacial score (nSPS) is 12.1. The summed E-state index contributed by atoms with van der Waals surface area (Å²) >= 11 is 3.98. The van der Waals surface area contributed by atoms with Crippen molar-refractivity contribution in [2.24, 2.45) is 5.73 Å². The van der Waals surface area contributed by atoms with Gasteiger partial charge >= 0.3 is 0 Å². The van der Waals surface area contributed by atoms with Crippen molar-refractivity contribution in [2.45, 2.75) is 6.04 Å². The smallest absolute Gasteiger partial charge is 0.182 e. The summed E-state index contributed by atoms with van der Waals surface area (Å²) in [5, 5.41) is 0. The average molecular weight is 208 g/mol. The Morgan fingerprint density at radius 3 is 3.07 bits per heavy atom. The maximum Gasteiger partial charge on any atom is 0.182 e. The number of Topliss-reactive ketones (excluding diaryl/α,β-unsaturated/α-hetero) is 1. The van der Waals surface area contributed by atoms with Gasteiger partial charge in [0.2, 0.25) is 0 Å². The predicted molar refractivity (Wildman–Crippen MR) is 60.5 cm³/mol. The van der Waals surface area contributed by atoms with Gasteiger partial charge in [-0.05, 0) is 18.2 Å². The van der Waals surface area contributed by atoms with E-state index in [0.29, 0.717) is 17.0 Å². The SMILES string of the molecule is C=Cc1ncccc1C(=O)[C@@H](N)CS. The van der Waals surface area contributed by atoms with Crippen LogP contribution in [0.4, 0.5) is 0 Å². The highest BCUT2D eigenvalue weighted by Gasteiger charge is 2.16. The van der Waals surface area contributed by atoms with E-state index in [1.54, 1.807) is 24.4 Å². The van der Waals surface area contributed by atoms with Gasteiger partial charge in [0.05, 0.1) is 11.7 Å². The lowest BCUT2D eigenvalue weighted by atomic mass is 10.0. The molecule has 0 spiro atoms. The van der Waals surface area contributed by atoms with Crippen molar-refractivity contribution in [1.82, 2.24) is 4.98 Å². The van der Waals surface area contributed by atoms with Gasteiger partial charge in [-0.25, -0.2) is 0 Å². The Morgan fingerprint density at radius 2 is 2.50 bits per heavy atom. The third-order valence-corrected chi connectivity index (χ3v) is 2.22. The number of rotatable bonds is 4. The lowest BCUT2D eigenvalue weighted by molar-refractivity contribution is 0.0969. The molecular weight excluding hydrogens is 196 g/mol. The van der Waals surface area contributed by atoms with E-state index in [1.165, 1.54) is 0 Å². The zero-order valence-electron chi connectivity index (χ0n) is 7.68. The van der Waals surface area contributed by atoms with Gasteiger partial charge in [0, 0.05) is 17.5 Å². The number of carbonyl (C=O) groups is 1. The van der Waals surface area contributed by atoms with E-state index in [9.17, 15) is 4.79 Å². The monoisotopic (exact) mass is 208 g/mol. The van der Waals surface area contributed by atoms with Crippen LogP contribution in [0.1, 0.15) is 16.1 Å². The maximum atomic E-state index is 11.7. The number of hydrogen-bond acceptors (Lipinski definition) is 4. The van der Waals surface area contributed by atoms with Crippen LogP contribution in [-0.2, 0) is 0 Å². The van der Waals surface area contributed by atoms with Crippen LogP contribution in [0.3, 0.4) is 0 Å². The highest BCUT2D eigenvalue weighted by atomic mass is 32.1. The summed E-state index contributed by atoms with van der Waals surface area (Å²) < 4.78 is 0. The molecule has 3 nitrogen and oxygen atoms in total. The minimum atomic E-state index is -0.582. The van der Waals surface area contributed by atoms with Crippen molar-refractivity contribution >= 4 is 24.5 Å². The largest absolute Gasteiger partial charge is 0.321 e. The maximum absolute atomic E-state index is 11.7. The number of carbonyl (C=O) groups excluding carboxylic acids is 1. The molecule has 0 amide bonds. The van der Waals surface area contributed by atoms with E-state index in [-0.39, 0.29) is 5.78 Å². The highest BCUT2D eigenvalue weighted by Crippen LogP contribution is 2.09. The summed E-state index contributed by atoms with van der Waals surface area (Å²) in [5.74, 6) is 0.174. The van der Waals surface area contributed by atoms with Gasteiger partial charge < -0.3 is 5.73 Å². The Morgan fingerprint density at radius 1 is 1.79 bits per heavy atom. The molecule has 1 aromatic rings. The molecule has 0 aliphatic rings. The summed E-state index contributed by atoms with van der Waals surface area (Å²) in [7, 11) is 0. The van der Waals surface area contributed by atoms with Crippen molar-refractivity contribution in [2.75, 3.05) is 5.75 Å². The molecule has 1 aromatic heterocycles. The molecule has 1 atom stereocenters. The van der Waals surface area contributed by atoms with Crippen LogP contribution in [0.2, 0.25) is 0 Å². The number of nitrogens with zero attached hydrogens (tertiary/aromatic N) is 1. The predicted octanol–water partition coefficient (Wildman–Crippen LogP) is 1.16. The average Bonchev–Trinajstić information content (AvgIpc) is 2.26. The van der Waals surface area contributed by atoms with Gasteiger partial charge in [-0.3, -0.25) is 9.78 Å². The highest BCUT2D eigenvalue weighted by molar-refractivity contribution is 7.80. The summed E-state index contributed by atoms with van der Waals surface area (Å²) in [5.41, 5.74) is 6.65. The van der Waals surface area contributed by atoms with Crippen molar-refractivity contribution in [1.29, 1.82) is 0 Å². The van der Waals surface area contributed by atoms with Crippen LogP contribution in [0.5, 0.6) is 0 Å². The number of thiol groups is 1. The van der Waals surface area contributed by atoms with E-state index in [1.807, 2.05) is 0 Å². The minimum absolute atomic E-state index is 0.150. The summed E-state index contributed by atoms with van der Waals surface area (Å²) in [6.45, 7) is 3.58. The molecule has 1 rings (SSSR count). The standard InChI is InChI=1S/C10H12N2OS/c1-2-9-7(4-3-5-12-9)10(13)8(11)6-14/h2-5,8,14H,1,6,11H2/t8-/m0/s1. The summed E-state index contributed by atoms with van der Waals surface area (Å²) in [4.78, 5) is 15.7. The van der Waals surface area contributed by atoms with Crippen molar-refractivity contribution in [3.63, 3.8) is 0 Å². The van der Waals surface area contributed by atoms with E-state index in [2.05, 4.69) is 24.2 Å². The molecular formula is C10H12N2OS. The van der Waals surface area contributed by atoms with E-state index in [0.717, 1.165) is 0 Å². The molecule has 4 heteroatoms. The van der Waals surface area contributed by atoms with Gasteiger partial charge in [0.1, 0.15) is 0 Å². The number of nitrogens with two attached hydrogens (primary N) is 1. The minimum Gasteiger partial charge on any atom is -0.321 e. The van der Waals surface area contributed by atoms with Gasteiger partial charge in [-0.15, -0.1) is 0 Å². The number of pyridine rings is 1. The number of ketones is 1. The first-order valence-corrected chi connectivity index (χ1v) is 4.82. The zero-order valence-corrected chi connectivity index (χ0v) is 8.58. The molecule has 74 valence electrons. The van der Waals surface area contributed by atoms with E-state index < -0.39 is 6.04 Å². The molecule has 0 unspecified atom stereocenters. The third-order valence-electron chi connectivity index (χ3n) is 1.83. The second-order valence-electron chi connectivity index (χ2n) is 2.79. The Kier molecular flexibility index (Phi) is 3.85. The molecule has 0 aromatic carbocycles. The van der Waals surface area contributed by atoms with E-state index in [4.69, 9.17) is 5.73 Å². The first-order chi connectivity index (χ1) is 6.70. The fourth-order valence-corrected chi connectivity index (χ4v) is 1.24. The molecule has 0 aliphatic carbocycles. The second-order valence-corrected chi connectivity index (χ2v) is 3.16. The van der Waals surface area contributed by atoms with E-state index >= 15 is 0 Å². The fraction of sp³-hybridized carbons (Fsp3) is 0.200. The molecule has 0 fully saturated rings. The van der Waals surface area contributed by atoms with Crippen LogP contribution >= 0.6 is 12.6 Å². The third kappa shape index (κ3) is 2.21. The molecule has 1 heterocycles. The van der Waals surface area contributed by atoms with Crippen LogP contribution in [0, 0.1) is 0 Å². The first kappa shape index (κ1) is 10.9. The molecule has 0 aliphatic heterocycles. The number of aromatic nitrogens is 1. The van der Waals surface area contributed by atoms with Crippen LogP contribution in [0.25, 0.3) is 6.08 Å². The van der Waals surface area contributed by atoms with Crippen LogP contribution in [0.15, 0.2) is 24.9 Å². The molecule has 0 bridgehead atoms. The molecule has 0 saturated carbocycles. The van der Waals surface area contributed by atoms with Gasteiger partial charge in [-0.1, -0.05) is 6.58 Å². The molecule has 14 heavy (non-hydrogen) atoms. The quantitative estimate of drug-likeness (QED) is 0.577. The summed E-state index contributed by atoms with van der Waals surface area (Å²) in [6.07, 6.45) is 3.15.